The van der Waals surface area contributed by atoms with E-state index in [4.69, 9.17) is 15.2 Å². The second-order valence-electron chi connectivity index (χ2n) is 3.66. The molecule has 0 radical (unpaired) electrons. The van der Waals surface area contributed by atoms with Gasteiger partial charge in [-0.25, -0.2) is 0 Å². The van der Waals surface area contributed by atoms with Crippen LogP contribution in [0.25, 0.3) is 0 Å². The summed E-state index contributed by atoms with van der Waals surface area (Å²) in [5.41, 5.74) is 7.90. The van der Waals surface area contributed by atoms with Crippen molar-refractivity contribution in [3.05, 3.63) is 35.4 Å². The molecule has 1 fully saturated rings. The molecule has 2 rings (SSSR count). The van der Waals surface area contributed by atoms with Gasteiger partial charge in [0.05, 0.1) is 13.2 Å². The van der Waals surface area contributed by atoms with Crippen molar-refractivity contribution >= 4 is 0 Å². The van der Waals surface area contributed by atoms with Crippen LogP contribution in [0.3, 0.4) is 0 Å². The van der Waals surface area contributed by atoms with Crippen molar-refractivity contribution in [1.29, 1.82) is 0 Å². The molecule has 0 bridgehead atoms. The van der Waals surface area contributed by atoms with Gasteiger partial charge in [-0.1, -0.05) is 31.2 Å². The molecular formula is C12H17NO2. The maximum atomic E-state index is 5.74. The molecule has 1 saturated heterocycles. The molecule has 1 aliphatic rings. The number of rotatable bonds is 3. The predicted molar refractivity (Wildman–Crippen MR) is 58.2 cm³/mol. The molecule has 82 valence electrons. The van der Waals surface area contributed by atoms with Crippen molar-refractivity contribution in [2.75, 3.05) is 13.2 Å². The number of hydrogen-bond donors (Lipinski definition) is 1. The molecule has 0 atom stereocenters. The Morgan fingerprint density at radius 2 is 1.93 bits per heavy atom. The summed E-state index contributed by atoms with van der Waals surface area (Å²) < 4.78 is 11.5. The van der Waals surface area contributed by atoms with Crippen LogP contribution in [0.2, 0.25) is 0 Å². The van der Waals surface area contributed by atoms with Gasteiger partial charge in [0.25, 0.3) is 0 Å². The van der Waals surface area contributed by atoms with Crippen molar-refractivity contribution in [3.8, 4) is 0 Å². The van der Waals surface area contributed by atoms with Gasteiger partial charge in [0.1, 0.15) is 0 Å². The maximum absolute atomic E-state index is 5.74. The van der Waals surface area contributed by atoms with Gasteiger partial charge in [0.2, 0.25) is 0 Å². The zero-order chi connectivity index (χ0) is 10.7. The summed E-state index contributed by atoms with van der Waals surface area (Å²) in [5, 5.41) is 0. The molecule has 15 heavy (non-hydrogen) atoms. The molecule has 3 heteroatoms. The Bertz CT molecular complexity index is 332. The number of nitrogens with two attached hydrogens (primary N) is 1. The number of hydrogen-bond acceptors (Lipinski definition) is 3. The van der Waals surface area contributed by atoms with Crippen LogP contribution >= 0.6 is 0 Å². The average molecular weight is 207 g/mol. The lowest BCUT2D eigenvalue weighted by atomic mass is 9.97. The summed E-state index contributed by atoms with van der Waals surface area (Å²) >= 11 is 0. The Balaban J connectivity index is 2.41. The average Bonchev–Trinajstić information content (AvgIpc) is 2.79. The van der Waals surface area contributed by atoms with Crippen molar-refractivity contribution in [2.24, 2.45) is 5.73 Å². The topological polar surface area (TPSA) is 44.5 Å². The zero-order valence-corrected chi connectivity index (χ0v) is 9.03. The first-order valence-corrected chi connectivity index (χ1v) is 5.39. The van der Waals surface area contributed by atoms with Gasteiger partial charge in [-0.3, -0.25) is 0 Å². The quantitative estimate of drug-likeness (QED) is 0.821. The van der Waals surface area contributed by atoms with Gasteiger partial charge >= 0.3 is 0 Å². The lowest BCUT2D eigenvalue weighted by Crippen LogP contribution is -2.28. The highest BCUT2D eigenvalue weighted by atomic mass is 16.7. The van der Waals surface area contributed by atoms with E-state index in [0.717, 1.165) is 17.5 Å². The van der Waals surface area contributed by atoms with Crippen molar-refractivity contribution in [3.63, 3.8) is 0 Å². The lowest BCUT2D eigenvalue weighted by Gasteiger charge is -2.28. The number of ether oxygens (including phenoxy) is 2. The molecule has 0 saturated carbocycles. The Morgan fingerprint density at radius 1 is 1.27 bits per heavy atom. The Labute approximate surface area is 90.2 Å². The van der Waals surface area contributed by atoms with E-state index in [1.165, 1.54) is 0 Å². The monoisotopic (exact) mass is 207 g/mol. The van der Waals surface area contributed by atoms with Crippen LogP contribution in [-0.2, 0) is 21.8 Å². The highest BCUT2D eigenvalue weighted by Gasteiger charge is 2.37. The SMILES string of the molecule is CCC1(c2ccccc2CN)OCCO1. The molecule has 0 aromatic heterocycles. The Hall–Kier alpha value is -0.900. The van der Waals surface area contributed by atoms with E-state index in [1.54, 1.807) is 0 Å². The summed E-state index contributed by atoms with van der Waals surface area (Å²) in [7, 11) is 0. The first-order chi connectivity index (χ1) is 7.32. The van der Waals surface area contributed by atoms with Crippen molar-refractivity contribution in [2.45, 2.75) is 25.7 Å². The molecule has 1 heterocycles. The molecule has 1 aromatic carbocycles. The van der Waals surface area contributed by atoms with Crippen LogP contribution < -0.4 is 5.73 Å². The van der Waals surface area contributed by atoms with Crippen LogP contribution in [0.5, 0.6) is 0 Å². The first-order valence-electron chi connectivity index (χ1n) is 5.39. The zero-order valence-electron chi connectivity index (χ0n) is 9.03. The summed E-state index contributed by atoms with van der Waals surface area (Å²) in [6, 6.07) is 8.05. The highest BCUT2D eigenvalue weighted by Crippen LogP contribution is 2.36. The van der Waals surface area contributed by atoms with Crippen LogP contribution in [0.1, 0.15) is 24.5 Å². The van der Waals surface area contributed by atoms with E-state index in [2.05, 4.69) is 6.92 Å². The second-order valence-corrected chi connectivity index (χ2v) is 3.66. The van der Waals surface area contributed by atoms with Crippen LogP contribution in [-0.4, -0.2) is 13.2 Å². The first kappa shape index (κ1) is 10.6. The molecule has 0 amide bonds. The van der Waals surface area contributed by atoms with Crippen LogP contribution in [0.15, 0.2) is 24.3 Å². The largest absolute Gasteiger partial charge is 0.343 e. The summed E-state index contributed by atoms with van der Waals surface area (Å²) in [5.74, 6) is -0.560. The molecular weight excluding hydrogens is 190 g/mol. The molecule has 1 aliphatic heterocycles. The van der Waals surface area contributed by atoms with Gasteiger partial charge in [-0.05, 0) is 5.56 Å². The number of benzene rings is 1. The van der Waals surface area contributed by atoms with E-state index in [9.17, 15) is 0 Å². The van der Waals surface area contributed by atoms with E-state index < -0.39 is 5.79 Å². The predicted octanol–water partition coefficient (Wildman–Crippen LogP) is 1.75. The lowest BCUT2D eigenvalue weighted by molar-refractivity contribution is -0.168. The second kappa shape index (κ2) is 4.31. The third-order valence-corrected chi connectivity index (χ3v) is 2.87. The van der Waals surface area contributed by atoms with Gasteiger partial charge in [0.15, 0.2) is 5.79 Å². The minimum absolute atomic E-state index is 0.518. The van der Waals surface area contributed by atoms with E-state index in [1.807, 2.05) is 24.3 Å². The maximum Gasteiger partial charge on any atom is 0.195 e. The van der Waals surface area contributed by atoms with Gasteiger partial charge in [-0.2, -0.15) is 0 Å². The van der Waals surface area contributed by atoms with E-state index >= 15 is 0 Å². The third kappa shape index (κ3) is 1.78. The third-order valence-electron chi connectivity index (χ3n) is 2.87. The van der Waals surface area contributed by atoms with E-state index in [0.29, 0.717) is 19.8 Å². The Morgan fingerprint density at radius 3 is 2.53 bits per heavy atom. The van der Waals surface area contributed by atoms with Crippen LogP contribution in [0.4, 0.5) is 0 Å². The fourth-order valence-electron chi connectivity index (χ4n) is 2.07. The normalized spacial score (nSPS) is 19.3. The fraction of sp³-hybridized carbons (Fsp3) is 0.500. The van der Waals surface area contributed by atoms with Gasteiger partial charge < -0.3 is 15.2 Å². The fourth-order valence-corrected chi connectivity index (χ4v) is 2.07. The standard InChI is InChI=1S/C12H17NO2/c1-2-12(14-7-8-15-12)11-6-4-3-5-10(11)9-13/h3-6H,2,7-9,13H2,1H3. The molecule has 0 aliphatic carbocycles. The van der Waals surface area contributed by atoms with Gasteiger partial charge in [-0.15, -0.1) is 0 Å². The minimum atomic E-state index is -0.560. The summed E-state index contributed by atoms with van der Waals surface area (Å²) in [6.07, 6.45) is 0.810. The van der Waals surface area contributed by atoms with Crippen molar-refractivity contribution in [1.82, 2.24) is 0 Å². The van der Waals surface area contributed by atoms with Crippen LogP contribution in [0, 0.1) is 0 Å². The summed E-state index contributed by atoms with van der Waals surface area (Å²) in [6.45, 7) is 3.91. The summed E-state index contributed by atoms with van der Waals surface area (Å²) in [4.78, 5) is 0. The Kier molecular flexibility index (Phi) is 3.05. The molecule has 2 N–H and O–H groups in total. The molecule has 0 spiro atoms. The minimum Gasteiger partial charge on any atom is -0.343 e. The van der Waals surface area contributed by atoms with E-state index in [-0.39, 0.29) is 0 Å². The smallest absolute Gasteiger partial charge is 0.195 e. The van der Waals surface area contributed by atoms with Gasteiger partial charge in [0, 0.05) is 18.5 Å². The molecule has 1 aromatic rings. The molecule has 3 nitrogen and oxygen atoms in total. The van der Waals surface area contributed by atoms with Crippen molar-refractivity contribution < 1.29 is 9.47 Å². The highest BCUT2D eigenvalue weighted by molar-refractivity contribution is 5.31. The molecule has 0 unspecified atom stereocenters.